The lowest BCUT2D eigenvalue weighted by Gasteiger charge is -2.05. The van der Waals surface area contributed by atoms with Gasteiger partial charge in [-0.25, -0.2) is 0 Å². The van der Waals surface area contributed by atoms with E-state index in [0.717, 1.165) is 13.1 Å². The molecule has 0 aliphatic heterocycles. The lowest BCUT2D eigenvalue weighted by molar-refractivity contribution is -0.173. The van der Waals surface area contributed by atoms with Crippen LogP contribution in [0.25, 0.3) is 0 Å². The fourth-order valence-corrected chi connectivity index (χ4v) is 1.22. The fraction of sp³-hybridized carbons (Fsp3) is 0.800. The molecule has 1 aromatic heterocycles. The molecule has 0 amide bonds. The number of ether oxygens (including phenoxy) is 1. The molecule has 0 atom stereocenters. The summed E-state index contributed by atoms with van der Waals surface area (Å²) in [6.07, 6.45) is -3.49. The Morgan fingerprint density at radius 3 is 2.78 bits per heavy atom. The van der Waals surface area contributed by atoms with Crippen LogP contribution in [0.4, 0.5) is 13.2 Å². The fourth-order valence-electron chi connectivity index (χ4n) is 1.22. The molecule has 8 heteroatoms. The topological polar surface area (TPSA) is 60.2 Å². The van der Waals surface area contributed by atoms with Gasteiger partial charge in [0.2, 0.25) is 5.89 Å². The molecule has 0 saturated heterocycles. The van der Waals surface area contributed by atoms with E-state index in [1.54, 1.807) is 0 Å². The van der Waals surface area contributed by atoms with Crippen LogP contribution < -0.4 is 5.32 Å². The number of likely N-dealkylation sites (N-methyl/N-ethyl adjacent to an activating group) is 1. The van der Waals surface area contributed by atoms with E-state index in [0.29, 0.717) is 18.1 Å². The van der Waals surface area contributed by atoms with E-state index in [9.17, 15) is 13.2 Å². The molecular formula is C10H16F3N3O2. The number of hydrogen-bond acceptors (Lipinski definition) is 5. The van der Waals surface area contributed by atoms with Crippen molar-refractivity contribution in [2.45, 2.75) is 25.9 Å². The second-order valence-corrected chi connectivity index (χ2v) is 3.63. The molecule has 0 bridgehead atoms. The highest BCUT2D eigenvalue weighted by atomic mass is 19.4. The summed E-state index contributed by atoms with van der Waals surface area (Å²) in [5.74, 6) is 0.838. The lowest BCUT2D eigenvalue weighted by Crippen LogP contribution is -2.18. The van der Waals surface area contributed by atoms with Crippen molar-refractivity contribution in [1.29, 1.82) is 0 Å². The van der Waals surface area contributed by atoms with Gasteiger partial charge in [0.05, 0.1) is 6.61 Å². The van der Waals surface area contributed by atoms with Gasteiger partial charge in [-0.2, -0.15) is 18.2 Å². The molecule has 0 fully saturated rings. The van der Waals surface area contributed by atoms with Crippen molar-refractivity contribution in [2.24, 2.45) is 0 Å². The summed E-state index contributed by atoms with van der Waals surface area (Å²) in [6.45, 7) is 2.23. The molecule has 104 valence electrons. The number of nitrogens with zero attached hydrogens (tertiary/aromatic N) is 2. The van der Waals surface area contributed by atoms with E-state index in [-0.39, 0.29) is 13.0 Å². The number of aromatic nitrogens is 2. The summed E-state index contributed by atoms with van der Waals surface area (Å²) < 4.78 is 44.7. The summed E-state index contributed by atoms with van der Waals surface area (Å²) in [5.41, 5.74) is 0. The van der Waals surface area contributed by atoms with E-state index in [1.807, 2.05) is 6.92 Å². The van der Waals surface area contributed by atoms with Gasteiger partial charge in [-0.3, -0.25) is 0 Å². The summed E-state index contributed by atoms with van der Waals surface area (Å²) in [7, 11) is 0. The van der Waals surface area contributed by atoms with Crippen molar-refractivity contribution >= 4 is 0 Å². The van der Waals surface area contributed by atoms with Crippen LogP contribution >= 0.6 is 0 Å². The van der Waals surface area contributed by atoms with Gasteiger partial charge >= 0.3 is 6.18 Å². The van der Waals surface area contributed by atoms with Crippen molar-refractivity contribution < 1.29 is 22.4 Å². The minimum atomic E-state index is -4.30. The first-order chi connectivity index (χ1) is 8.51. The normalized spacial score (nSPS) is 12.0. The molecule has 1 aromatic rings. The maximum Gasteiger partial charge on any atom is 0.411 e. The van der Waals surface area contributed by atoms with E-state index >= 15 is 0 Å². The Bertz CT molecular complexity index is 341. The minimum Gasteiger partial charge on any atom is -0.372 e. The summed E-state index contributed by atoms with van der Waals surface area (Å²) >= 11 is 0. The SMILES string of the molecule is CCNCCc1nc(CCOCC(F)(F)F)no1. The zero-order chi connectivity index (χ0) is 13.4. The van der Waals surface area contributed by atoms with Crippen LogP contribution in [0.15, 0.2) is 4.52 Å². The number of hydrogen-bond donors (Lipinski definition) is 1. The highest BCUT2D eigenvalue weighted by molar-refractivity contribution is 4.87. The number of halogens is 3. The maximum absolute atomic E-state index is 11.8. The standard InChI is InChI=1S/C10H16F3N3O2/c1-2-14-5-3-9-15-8(16-18-9)4-6-17-7-10(11,12)13/h14H,2-7H2,1H3. The Balaban J connectivity index is 2.19. The van der Waals surface area contributed by atoms with Gasteiger partial charge < -0.3 is 14.6 Å². The molecule has 0 aliphatic rings. The van der Waals surface area contributed by atoms with Gasteiger partial charge in [-0.05, 0) is 6.54 Å². The molecule has 1 rings (SSSR count). The van der Waals surface area contributed by atoms with Crippen LogP contribution in [0, 0.1) is 0 Å². The van der Waals surface area contributed by atoms with Crippen LogP contribution in [-0.4, -0.2) is 42.6 Å². The van der Waals surface area contributed by atoms with Crippen molar-refractivity contribution in [3.63, 3.8) is 0 Å². The van der Waals surface area contributed by atoms with E-state index in [2.05, 4.69) is 20.2 Å². The monoisotopic (exact) mass is 267 g/mol. The second kappa shape index (κ2) is 7.32. The number of nitrogens with one attached hydrogen (secondary N) is 1. The van der Waals surface area contributed by atoms with Crippen molar-refractivity contribution in [3.05, 3.63) is 11.7 Å². The Morgan fingerprint density at radius 2 is 2.11 bits per heavy atom. The predicted molar refractivity (Wildman–Crippen MR) is 57.1 cm³/mol. The average molecular weight is 267 g/mol. The zero-order valence-electron chi connectivity index (χ0n) is 10.1. The Morgan fingerprint density at radius 1 is 1.33 bits per heavy atom. The van der Waals surface area contributed by atoms with Crippen molar-refractivity contribution in [1.82, 2.24) is 15.5 Å². The van der Waals surface area contributed by atoms with Gasteiger partial charge in [0.1, 0.15) is 6.61 Å². The Hall–Kier alpha value is -1.15. The molecule has 0 spiro atoms. The average Bonchev–Trinajstić information content (AvgIpc) is 2.72. The van der Waals surface area contributed by atoms with E-state index in [1.165, 1.54) is 0 Å². The smallest absolute Gasteiger partial charge is 0.372 e. The molecule has 0 unspecified atom stereocenters. The first-order valence-electron chi connectivity index (χ1n) is 5.68. The third kappa shape index (κ3) is 6.55. The summed E-state index contributed by atoms with van der Waals surface area (Å²) in [5, 5.41) is 6.75. The van der Waals surface area contributed by atoms with Gasteiger partial charge in [0.15, 0.2) is 5.82 Å². The van der Waals surface area contributed by atoms with Gasteiger partial charge in [-0.15, -0.1) is 0 Å². The van der Waals surface area contributed by atoms with Crippen LogP contribution in [-0.2, 0) is 17.6 Å². The van der Waals surface area contributed by atoms with Crippen LogP contribution in [0.1, 0.15) is 18.6 Å². The lowest BCUT2D eigenvalue weighted by atomic mass is 10.4. The quantitative estimate of drug-likeness (QED) is 0.720. The predicted octanol–water partition coefficient (Wildman–Crippen LogP) is 1.34. The second-order valence-electron chi connectivity index (χ2n) is 3.63. The summed E-state index contributed by atoms with van der Waals surface area (Å²) in [6, 6.07) is 0. The van der Waals surface area contributed by atoms with Gasteiger partial charge in [-0.1, -0.05) is 12.1 Å². The zero-order valence-corrected chi connectivity index (χ0v) is 10.1. The summed E-state index contributed by atoms with van der Waals surface area (Å²) in [4.78, 5) is 4.04. The first kappa shape index (κ1) is 14.9. The van der Waals surface area contributed by atoms with Gasteiger partial charge in [0, 0.05) is 19.4 Å². The van der Waals surface area contributed by atoms with Crippen LogP contribution in [0.3, 0.4) is 0 Å². The van der Waals surface area contributed by atoms with Crippen LogP contribution in [0.5, 0.6) is 0 Å². The largest absolute Gasteiger partial charge is 0.411 e. The Labute approximate surface area is 103 Å². The van der Waals surface area contributed by atoms with Crippen molar-refractivity contribution in [2.75, 3.05) is 26.3 Å². The molecule has 0 radical (unpaired) electrons. The molecular weight excluding hydrogens is 251 g/mol. The minimum absolute atomic E-state index is 0.0777. The maximum atomic E-state index is 11.8. The van der Waals surface area contributed by atoms with E-state index in [4.69, 9.17) is 4.52 Å². The molecule has 18 heavy (non-hydrogen) atoms. The highest BCUT2D eigenvalue weighted by Crippen LogP contribution is 2.14. The third-order valence-electron chi connectivity index (χ3n) is 2.01. The Kier molecular flexibility index (Phi) is 6.06. The number of alkyl halides is 3. The molecule has 1 N–H and O–H groups in total. The van der Waals surface area contributed by atoms with Crippen molar-refractivity contribution in [3.8, 4) is 0 Å². The van der Waals surface area contributed by atoms with Gasteiger partial charge in [0.25, 0.3) is 0 Å². The number of rotatable bonds is 8. The molecule has 1 heterocycles. The first-order valence-corrected chi connectivity index (χ1v) is 5.68. The molecule has 0 saturated carbocycles. The molecule has 0 aromatic carbocycles. The molecule has 0 aliphatic carbocycles. The molecule has 5 nitrogen and oxygen atoms in total. The van der Waals surface area contributed by atoms with Crippen LogP contribution in [0.2, 0.25) is 0 Å². The highest BCUT2D eigenvalue weighted by Gasteiger charge is 2.27. The van der Waals surface area contributed by atoms with E-state index < -0.39 is 12.8 Å². The third-order valence-corrected chi connectivity index (χ3v) is 2.01.